The number of hydrogen-bond acceptors (Lipinski definition) is 8. The second-order valence-electron chi connectivity index (χ2n) is 7.63. The number of nitrogens with one attached hydrogen (secondary N) is 1. The molecule has 2 aliphatic rings. The number of aliphatic hydroxyl groups is 1. The van der Waals surface area contributed by atoms with Gasteiger partial charge in [-0.05, 0) is 32.3 Å². The number of nitrogens with zero attached hydrogens (tertiary/aromatic N) is 1. The standard InChI is InChI=1S/C16H24N2O8Si2/c1-6-10(19)9-7-18(16(22)17-14(9)21)15-12(20)13-11(24-15)8-23-27(2,3)26-28(4,5)25-13/h6-7,11-13,15,20H,1,8H2,2-5H3,(H,17,21,22)/t11-,12?,13+,15-/m1/s1. The lowest BCUT2D eigenvalue weighted by atomic mass is 10.1. The molecule has 2 aliphatic heterocycles. The van der Waals surface area contributed by atoms with Crippen LogP contribution in [-0.4, -0.2) is 62.5 Å². The lowest BCUT2D eigenvalue weighted by Gasteiger charge is -2.39. The molecule has 154 valence electrons. The number of hydrogen-bond donors (Lipinski definition) is 2. The summed E-state index contributed by atoms with van der Waals surface area (Å²) in [6.07, 6.45) is -1.78. The third-order valence-corrected chi connectivity index (χ3v) is 10.1. The summed E-state index contributed by atoms with van der Waals surface area (Å²) in [5, 5.41) is 10.8. The molecule has 4 atom stereocenters. The second kappa shape index (κ2) is 7.29. The predicted molar refractivity (Wildman–Crippen MR) is 103 cm³/mol. The zero-order valence-electron chi connectivity index (χ0n) is 16.1. The van der Waals surface area contributed by atoms with Crippen LogP contribution in [0.2, 0.25) is 26.2 Å². The van der Waals surface area contributed by atoms with Crippen molar-refractivity contribution >= 4 is 22.9 Å². The molecule has 0 aromatic carbocycles. The fourth-order valence-corrected chi connectivity index (χ4v) is 10.1. The highest BCUT2D eigenvalue weighted by Gasteiger charge is 2.52. The van der Waals surface area contributed by atoms with Crippen molar-refractivity contribution in [3.63, 3.8) is 0 Å². The predicted octanol–water partition coefficient (Wildman–Crippen LogP) is -0.000800. The molecule has 28 heavy (non-hydrogen) atoms. The summed E-state index contributed by atoms with van der Waals surface area (Å²) < 4.78 is 24.9. The van der Waals surface area contributed by atoms with Gasteiger partial charge in [0.2, 0.25) is 0 Å². The number of ketones is 1. The molecule has 0 amide bonds. The van der Waals surface area contributed by atoms with E-state index in [0.29, 0.717) is 0 Å². The summed E-state index contributed by atoms with van der Waals surface area (Å²) in [6, 6.07) is 0. The van der Waals surface area contributed by atoms with Crippen LogP contribution in [0, 0.1) is 0 Å². The van der Waals surface area contributed by atoms with Crippen LogP contribution in [0.15, 0.2) is 28.4 Å². The van der Waals surface area contributed by atoms with Crippen molar-refractivity contribution < 1.29 is 27.6 Å². The normalized spacial score (nSPS) is 31.5. The number of aromatic nitrogens is 2. The molecule has 0 bridgehead atoms. The summed E-state index contributed by atoms with van der Waals surface area (Å²) in [5.41, 5.74) is -1.93. The highest BCUT2D eigenvalue weighted by Crippen LogP contribution is 2.35. The third-order valence-electron chi connectivity index (χ3n) is 4.51. The third kappa shape index (κ3) is 4.03. The van der Waals surface area contributed by atoms with Gasteiger partial charge in [-0.15, -0.1) is 0 Å². The molecule has 0 saturated carbocycles. The van der Waals surface area contributed by atoms with Gasteiger partial charge in [0.05, 0.1) is 6.61 Å². The lowest BCUT2D eigenvalue weighted by molar-refractivity contribution is -0.0573. The summed E-state index contributed by atoms with van der Waals surface area (Å²) in [7, 11) is -5.08. The molecular formula is C16H24N2O8Si2. The Balaban J connectivity index is 1.98. The molecule has 12 heteroatoms. The molecule has 1 unspecified atom stereocenters. The first kappa shape index (κ1) is 21.0. The fraction of sp³-hybridized carbons (Fsp3) is 0.562. The Kier molecular flexibility index (Phi) is 5.48. The summed E-state index contributed by atoms with van der Waals surface area (Å²) in [5.74, 6) is -0.650. The van der Waals surface area contributed by atoms with E-state index in [-0.39, 0.29) is 12.2 Å². The molecule has 2 saturated heterocycles. The number of aliphatic hydroxyl groups excluding tert-OH is 1. The first-order chi connectivity index (χ1) is 12.9. The minimum Gasteiger partial charge on any atom is -0.415 e. The molecule has 1 aromatic rings. The van der Waals surface area contributed by atoms with Crippen LogP contribution in [-0.2, 0) is 17.7 Å². The fourth-order valence-electron chi connectivity index (χ4n) is 3.44. The lowest BCUT2D eigenvalue weighted by Crippen LogP contribution is -2.56. The van der Waals surface area contributed by atoms with Gasteiger partial charge in [0.25, 0.3) is 5.56 Å². The van der Waals surface area contributed by atoms with Crippen molar-refractivity contribution in [2.24, 2.45) is 0 Å². The van der Waals surface area contributed by atoms with Gasteiger partial charge in [-0.2, -0.15) is 0 Å². The van der Waals surface area contributed by atoms with Crippen molar-refractivity contribution in [1.29, 1.82) is 0 Å². The van der Waals surface area contributed by atoms with E-state index in [0.717, 1.165) is 16.8 Å². The molecule has 1 aromatic heterocycles. The number of H-pyrrole nitrogens is 1. The van der Waals surface area contributed by atoms with Gasteiger partial charge in [-0.3, -0.25) is 19.1 Å². The first-order valence-electron chi connectivity index (χ1n) is 8.82. The summed E-state index contributed by atoms with van der Waals surface area (Å²) in [6.45, 7) is 11.0. The molecule has 2 fully saturated rings. The van der Waals surface area contributed by atoms with Gasteiger partial charge >= 0.3 is 22.8 Å². The number of fused-ring (bicyclic) bond motifs is 1. The van der Waals surface area contributed by atoms with E-state index in [1.807, 2.05) is 26.2 Å². The molecule has 2 N–H and O–H groups in total. The molecule has 0 radical (unpaired) electrons. The quantitative estimate of drug-likeness (QED) is 0.391. The van der Waals surface area contributed by atoms with Crippen molar-refractivity contribution in [1.82, 2.24) is 9.55 Å². The van der Waals surface area contributed by atoms with Crippen LogP contribution in [0.4, 0.5) is 0 Å². The van der Waals surface area contributed by atoms with Gasteiger partial charge in [0.15, 0.2) is 12.0 Å². The minimum absolute atomic E-state index is 0.123. The van der Waals surface area contributed by atoms with Crippen LogP contribution in [0.1, 0.15) is 16.6 Å². The Hall–Kier alpha value is -1.68. The maximum atomic E-state index is 12.3. The van der Waals surface area contributed by atoms with Crippen molar-refractivity contribution in [2.45, 2.75) is 50.7 Å². The van der Waals surface area contributed by atoms with Gasteiger partial charge in [0.1, 0.15) is 23.9 Å². The van der Waals surface area contributed by atoms with E-state index >= 15 is 0 Å². The maximum absolute atomic E-state index is 12.3. The molecule has 3 heterocycles. The van der Waals surface area contributed by atoms with Crippen LogP contribution in [0.25, 0.3) is 0 Å². The van der Waals surface area contributed by atoms with E-state index in [4.69, 9.17) is 17.7 Å². The highest BCUT2D eigenvalue weighted by atomic mass is 28.5. The van der Waals surface area contributed by atoms with Crippen LogP contribution in [0.5, 0.6) is 0 Å². The van der Waals surface area contributed by atoms with Gasteiger partial charge in [-0.25, -0.2) is 4.79 Å². The Morgan fingerprint density at radius 3 is 2.64 bits per heavy atom. The van der Waals surface area contributed by atoms with Crippen molar-refractivity contribution in [3.05, 3.63) is 45.3 Å². The van der Waals surface area contributed by atoms with Crippen LogP contribution < -0.4 is 11.2 Å². The number of ether oxygens (including phenoxy) is 1. The number of carbonyl (C=O) groups excluding carboxylic acids is 1. The Morgan fingerprint density at radius 1 is 1.32 bits per heavy atom. The zero-order valence-corrected chi connectivity index (χ0v) is 18.1. The van der Waals surface area contributed by atoms with Crippen LogP contribution >= 0.6 is 0 Å². The number of aromatic amines is 1. The molecule has 0 spiro atoms. The molecule has 10 nitrogen and oxygen atoms in total. The monoisotopic (exact) mass is 428 g/mol. The largest absolute Gasteiger partial charge is 0.415 e. The molecule has 3 rings (SSSR count). The second-order valence-corrected chi connectivity index (χ2v) is 14.6. The maximum Gasteiger partial charge on any atom is 0.330 e. The number of carbonyl (C=O) groups is 1. The topological polar surface area (TPSA) is 129 Å². The smallest absolute Gasteiger partial charge is 0.330 e. The molecule has 0 aliphatic carbocycles. The van der Waals surface area contributed by atoms with Gasteiger partial charge in [0, 0.05) is 6.20 Å². The van der Waals surface area contributed by atoms with E-state index in [1.165, 1.54) is 0 Å². The van der Waals surface area contributed by atoms with Gasteiger partial charge in [-0.1, -0.05) is 6.58 Å². The minimum atomic E-state index is -2.64. The Morgan fingerprint density at radius 2 is 2.00 bits per heavy atom. The number of allylic oxidation sites excluding steroid dienone is 1. The average molecular weight is 429 g/mol. The van der Waals surface area contributed by atoms with Crippen molar-refractivity contribution in [3.8, 4) is 0 Å². The average Bonchev–Trinajstić information content (AvgIpc) is 2.86. The summed E-state index contributed by atoms with van der Waals surface area (Å²) in [4.78, 5) is 38.2. The molecular weight excluding hydrogens is 404 g/mol. The van der Waals surface area contributed by atoms with Crippen molar-refractivity contribution in [2.75, 3.05) is 6.61 Å². The Labute approximate surface area is 163 Å². The Bertz CT molecular complexity index is 909. The number of rotatable bonds is 3. The highest BCUT2D eigenvalue weighted by molar-refractivity contribution is 6.78. The SMILES string of the molecule is C=CC(=O)c1cn([C@@H]2O[C@@H]3CO[Si](C)(C)O[Si](C)(C)O[C@@H]3C2O)c(=O)[nH]c1=O. The van der Waals surface area contributed by atoms with Crippen LogP contribution in [0.3, 0.4) is 0 Å². The van der Waals surface area contributed by atoms with E-state index in [2.05, 4.69) is 11.6 Å². The van der Waals surface area contributed by atoms with E-state index in [1.54, 1.807) is 0 Å². The van der Waals surface area contributed by atoms with E-state index in [9.17, 15) is 19.5 Å². The zero-order chi connectivity index (χ0) is 20.9. The first-order valence-corrected chi connectivity index (χ1v) is 14.4. The summed E-state index contributed by atoms with van der Waals surface area (Å²) >= 11 is 0. The van der Waals surface area contributed by atoms with Gasteiger partial charge < -0.3 is 22.8 Å². The van der Waals surface area contributed by atoms with E-state index < -0.39 is 58.7 Å².